The zero-order valence-electron chi connectivity index (χ0n) is 19.4. The Kier molecular flexibility index (Phi) is 8.13. The number of aliphatic hydroxyl groups excluding tert-OH is 1. The number of benzene rings is 2. The zero-order chi connectivity index (χ0) is 24.0. The lowest BCUT2D eigenvalue weighted by molar-refractivity contribution is 0.0416. The molecule has 0 bridgehead atoms. The Balaban J connectivity index is 1.84. The minimum atomic E-state index is -0.443. The van der Waals surface area contributed by atoms with Crippen LogP contribution in [0.4, 0.5) is 16.2 Å². The molecule has 2 aromatic carbocycles. The average molecular weight is 457 g/mol. The van der Waals surface area contributed by atoms with Crippen molar-refractivity contribution >= 4 is 23.3 Å². The molecule has 0 saturated carbocycles. The van der Waals surface area contributed by atoms with E-state index in [1.165, 1.54) is 0 Å². The van der Waals surface area contributed by atoms with Crippen LogP contribution in [0.5, 0.6) is 11.5 Å². The maximum atomic E-state index is 13.4. The number of methoxy groups -OCH3 is 1. The van der Waals surface area contributed by atoms with Gasteiger partial charge in [-0.1, -0.05) is 6.92 Å². The summed E-state index contributed by atoms with van der Waals surface area (Å²) in [6, 6.07) is 11.2. The molecule has 0 unspecified atom stereocenters. The SMILES string of the molecule is CNC[C@H]1Oc2ccc(NC(=O)Nc3ccc(OC)cc3)cc2C(=O)N([C@H](C)CO)C[C@H]1C. The fourth-order valence-corrected chi connectivity index (χ4v) is 3.71. The van der Waals surface area contributed by atoms with Gasteiger partial charge in [-0.15, -0.1) is 0 Å². The fourth-order valence-electron chi connectivity index (χ4n) is 3.71. The van der Waals surface area contributed by atoms with Crippen molar-refractivity contribution in [3.8, 4) is 11.5 Å². The number of nitrogens with zero attached hydrogens (tertiary/aromatic N) is 1. The summed E-state index contributed by atoms with van der Waals surface area (Å²) in [5.74, 6) is 0.939. The van der Waals surface area contributed by atoms with Crippen LogP contribution in [0.3, 0.4) is 0 Å². The van der Waals surface area contributed by atoms with Gasteiger partial charge in [-0.2, -0.15) is 0 Å². The molecule has 33 heavy (non-hydrogen) atoms. The van der Waals surface area contributed by atoms with Crippen molar-refractivity contribution in [2.24, 2.45) is 5.92 Å². The Labute approximate surface area is 194 Å². The molecule has 0 radical (unpaired) electrons. The van der Waals surface area contributed by atoms with E-state index in [0.717, 1.165) is 0 Å². The van der Waals surface area contributed by atoms with E-state index in [0.29, 0.717) is 41.5 Å². The maximum absolute atomic E-state index is 13.4. The lowest BCUT2D eigenvalue weighted by Gasteiger charge is -2.37. The summed E-state index contributed by atoms with van der Waals surface area (Å²) < 4.78 is 11.3. The molecule has 1 heterocycles. The second-order valence-electron chi connectivity index (χ2n) is 8.20. The number of rotatable bonds is 7. The molecule has 3 rings (SSSR count). The Morgan fingerprint density at radius 2 is 1.88 bits per heavy atom. The highest BCUT2D eigenvalue weighted by Gasteiger charge is 2.32. The molecule has 0 aromatic heterocycles. The van der Waals surface area contributed by atoms with Crippen LogP contribution in [0.15, 0.2) is 42.5 Å². The number of amides is 3. The smallest absolute Gasteiger partial charge is 0.323 e. The van der Waals surface area contributed by atoms with E-state index in [9.17, 15) is 14.7 Å². The number of aliphatic hydroxyl groups is 1. The number of ether oxygens (including phenoxy) is 2. The molecule has 9 nitrogen and oxygen atoms in total. The highest BCUT2D eigenvalue weighted by Crippen LogP contribution is 2.30. The molecule has 0 fully saturated rings. The first-order valence-electron chi connectivity index (χ1n) is 11.0. The van der Waals surface area contributed by atoms with Gasteiger partial charge in [0.1, 0.15) is 17.6 Å². The van der Waals surface area contributed by atoms with Gasteiger partial charge in [0.15, 0.2) is 0 Å². The van der Waals surface area contributed by atoms with Crippen LogP contribution in [0.25, 0.3) is 0 Å². The molecule has 4 N–H and O–H groups in total. The first-order valence-corrected chi connectivity index (χ1v) is 11.0. The van der Waals surface area contributed by atoms with Gasteiger partial charge in [-0.25, -0.2) is 4.79 Å². The van der Waals surface area contributed by atoms with Gasteiger partial charge >= 0.3 is 6.03 Å². The lowest BCUT2D eigenvalue weighted by atomic mass is 9.99. The van der Waals surface area contributed by atoms with Gasteiger partial charge in [0, 0.05) is 30.4 Å². The first kappa shape index (κ1) is 24.3. The van der Waals surface area contributed by atoms with Crippen molar-refractivity contribution in [3.63, 3.8) is 0 Å². The number of carbonyl (C=O) groups is 2. The molecule has 3 amide bonds. The molecular formula is C24H32N4O5. The van der Waals surface area contributed by atoms with E-state index in [1.807, 2.05) is 20.9 Å². The molecule has 0 saturated heterocycles. The highest BCUT2D eigenvalue weighted by atomic mass is 16.5. The molecule has 1 aliphatic heterocycles. The van der Waals surface area contributed by atoms with Crippen LogP contribution in [0.2, 0.25) is 0 Å². The number of fused-ring (bicyclic) bond motifs is 1. The number of nitrogens with one attached hydrogen (secondary N) is 3. The molecule has 0 aliphatic carbocycles. The fraction of sp³-hybridized carbons (Fsp3) is 0.417. The van der Waals surface area contributed by atoms with E-state index < -0.39 is 6.03 Å². The van der Waals surface area contributed by atoms with Crippen LogP contribution < -0.4 is 25.4 Å². The number of likely N-dealkylation sites (N-methyl/N-ethyl adjacent to an activating group) is 1. The van der Waals surface area contributed by atoms with Crippen LogP contribution in [0.1, 0.15) is 24.2 Å². The topological polar surface area (TPSA) is 112 Å². The maximum Gasteiger partial charge on any atom is 0.323 e. The summed E-state index contributed by atoms with van der Waals surface area (Å²) in [6.07, 6.45) is -0.160. The second-order valence-corrected chi connectivity index (χ2v) is 8.20. The van der Waals surface area contributed by atoms with Gasteiger partial charge in [-0.3, -0.25) is 4.79 Å². The van der Waals surface area contributed by atoms with Crippen molar-refractivity contribution in [2.75, 3.05) is 44.5 Å². The normalized spacial score (nSPS) is 18.9. The number of hydrogen-bond donors (Lipinski definition) is 4. The summed E-state index contributed by atoms with van der Waals surface area (Å²) in [7, 11) is 3.42. The van der Waals surface area contributed by atoms with Crippen molar-refractivity contribution in [1.82, 2.24) is 10.2 Å². The summed E-state index contributed by atoms with van der Waals surface area (Å²) in [6.45, 7) is 4.75. The molecule has 3 atom stereocenters. The van der Waals surface area contributed by atoms with E-state index in [2.05, 4.69) is 16.0 Å². The minimum absolute atomic E-state index is 0.0524. The van der Waals surface area contributed by atoms with Crippen molar-refractivity contribution in [2.45, 2.75) is 26.0 Å². The number of urea groups is 1. The number of hydrogen-bond acceptors (Lipinski definition) is 6. The molecule has 1 aliphatic rings. The summed E-state index contributed by atoms with van der Waals surface area (Å²) in [5, 5.41) is 18.3. The average Bonchev–Trinajstić information content (AvgIpc) is 2.81. The van der Waals surface area contributed by atoms with Crippen LogP contribution in [-0.4, -0.2) is 67.9 Å². The van der Waals surface area contributed by atoms with Gasteiger partial charge in [0.25, 0.3) is 5.91 Å². The molecule has 2 aromatic rings. The third-order valence-electron chi connectivity index (χ3n) is 5.68. The van der Waals surface area contributed by atoms with E-state index >= 15 is 0 Å². The second kappa shape index (κ2) is 11.0. The Hall–Kier alpha value is -3.30. The Morgan fingerprint density at radius 1 is 1.21 bits per heavy atom. The standard InChI is InChI=1S/C24H32N4O5/c1-15-13-28(16(2)14-29)23(30)20-11-18(7-10-21(20)33-22(15)12-25-3)27-24(31)26-17-5-8-19(32-4)9-6-17/h5-11,15-16,22,25,29H,12-14H2,1-4H3,(H2,26,27,31)/t15-,16-,22-/m1/s1. The number of anilines is 2. The zero-order valence-corrected chi connectivity index (χ0v) is 19.4. The minimum Gasteiger partial charge on any atom is -0.497 e. The van der Waals surface area contributed by atoms with Crippen molar-refractivity contribution in [3.05, 3.63) is 48.0 Å². The number of carbonyl (C=O) groups excluding carboxylic acids is 2. The highest BCUT2D eigenvalue weighted by molar-refractivity contribution is 6.02. The Bertz CT molecular complexity index is 966. The van der Waals surface area contributed by atoms with E-state index in [1.54, 1.807) is 54.5 Å². The van der Waals surface area contributed by atoms with Crippen molar-refractivity contribution < 1.29 is 24.2 Å². The van der Waals surface area contributed by atoms with Gasteiger partial charge in [-0.05, 0) is 56.4 Å². The van der Waals surface area contributed by atoms with Crippen LogP contribution >= 0.6 is 0 Å². The van der Waals surface area contributed by atoms with Crippen LogP contribution in [-0.2, 0) is 0 Å². The van der Waals surface area contributed by atoms with Gasteiger partial charge < -0.3 is 35.4 Å². The third kappa shape index (κ3) is 5.94. The predicted molar refractivity (Wildman–Crippen MR) is 127 cm³/mol. The van der Waals surface area contributed by atoms with E-state index in [4.69, 9.17) is 9.47 Å². The Morgan fingerprint density at radius 3 is 2.52 bits per heavy atom. The van der Waals surface area contributed by atoms with Gasteiger partial charge in [0.2, 0.25) is 0 Å². The third-order valence-corrected chi connectivity index (χ3v) is 5.68. The van der Waals surface area contributed by atoms with E-state index in [-0.39, 0.29) is 30.6 Å². The van der Waals surface area contributed by atoms with Gasteiger partial charge in [0.05, 0.1) is 25.3 Å². The summed E-state index contributed by atoms with van der Waals surface area (Å²) in [5.41, 5.74) is 1.39. The largest absolute Gasteiger partial charge is 0.497 e. The molecule has 0 spiro atoms. The monoisotopic (exact) mass is 456 g/mol. The van der Waals surface area contributed by atoms with Crippen molar-refractivity contribution in [1.29, 1.82) is 0 Å². The summed E-state index contributed by atoms with van der Waals surface area (Å²) in [4.78, 5) is 27.5. The predicted octanol–water partition coefficient (Wildman–Crippen LogP) is 2.78. The molecular weight excluding hydrogens is 424 g/mol. The lowest BCUT2D eigenvalue weighted by Crippen LogP contribution is -2.49. The molecule has 178 valence electrons. The first-order chi connectivity index (χ1) is 15.9. The quantitative estimate of drug-likeness (QED) is 0.510. The van der Waals surface area contributed by atoms with Crippen LogP contribution in [0, 0.1) is 5.92 Å². The summed E-state index contributed by atoms with van der Waals surface area (Å²) >= 11 is 0. The molecule has 9 heteroatoms.